The number of fused-ring (bicyclic) bond motifs is 4. The summed E-state index contributed by atoms with van der Waals surface area (Å²) in [5.41, 5.74) is 1.92. The van der Waals surface area contributed by atoms with Gasteiger partial charge in [-0.15, -0.1) is 0 Å². The fourth-order valence-electron chi connectivity index (χ4n) is 6.92. The lowest BCUT2D eigenvalue weighted by Crippen LogP contribution is -2.58. The number of amides is 2. The Hall–Kier alpha value is -4.06. The Morgan fingerprint density at radius 3 is 2.52 bits per heavy atom. The van der Waals surface area contributed by atoms with Crippen molar-refractivity contribution in [3.05, 3.63) is 64.9 Å². The fourth-order valence-corrected chi connectivity index (χ4v) is 6.92. The zero-order chi connectivity index (χ0) is 31.0. The molecule has 234 valence electrons. The Kier molecular flexibility index (Phi) is 8.53. The number of furan rings is 1. The molecule has 1 aromatic heterocycles. The number of rotatable bonds is 9. The van der Waals surface area contributed by atoms with Crippen molar-refractivity contribution in [1.82, 2.24) is 10.2 Å². The van der Waals surface area contributed by atoms with Gasteiger partial charge in [-0.25, -0.2) is 0 Å². The average molecular weight is 607 g/mol. The first-order valence-corrected chi connectivity index (χ1v) is 15.1. The molecule has 44 heavy (non-hydrogen) atoms. The van der Waals surface area contributed by atoms with Gasteiger partial charge in [0.2, 0.25) is 5.91 Å². The number of hydrogen-bond donors (Lipinski definition) is 4. The average Bonchev–Trinajstić information content (AvgIpc) is 3.67. The van der Waals surface area contributed by atoms with E-state index in [-0.39, 0.29) is 31.6 Å². The molecule has 0 saturated heterocycles. The van der Waals surface area contributed by atoms with Gasteiger partial charge in [-0.3, -0.25) is 9.59 Å². The second-order valence-electron chi connectivity index (χ2n) is 11.5. The summed E-state index contributed by atoms with van der Waals surface area (Å²) in [7, 11) is 3.02. The zero-order valence-corrected chi connectivity index (χ0v) is 24.8. The molecule has 3 aromatic rings. The van der Waals surface area contributed by atoms with Crippen molar-refractivity contribution in [2.45, 2.75) is 68.9 Å². The normalized spacial score (nSPS) is 22.9. The number of benzene rings is 2. The molecule has 0 bridgehead atoms. The van der Waals surface area contributed by atoms with Gasteiger partial charge in [0.25, 0.3) is 5.91 Å². The molecule has 2 amide bonds. The summed E-state index contributed by atoms with van der Waals surface area (Å²) in [4.78, 5) is 29.7. The molecule has 11 nitrogen and oxygen atoms in total. The van der Waals surface area contributed by atoms with Crippen LogP contribution in [-0.2, 0) is 11.4 Å². The van der Waals surface area contributed by atoms with Gasteiger partial charge in [0.05, 0.1) is 39.4 Å². The van der Waals surface area contributed by atoms with Gasteiger partial charge in [-0.2, -0.15) is 0 Å². The first kappa shape index (κ1) is 30.0. The summed E-state index contributed by atoms with van der Waals surface area (Å²) in [6.45, 7) is -0.480. The molecule has 1 fully saturated rings. The van der Waals surface area contributed by atoms with Gasteiger partial charge < -0.3 is 44.2 Å². The molecule has 6 rings (SSSR count). The summed E-state index contributed by atoms with van der Waals surface area (Å²) >= 11 is 0. The van der Waals surface area contributed by atoms with Crippen molar-refractivity contribution in [2.24, 2.45) is 0 Å². The molecule has 4 atom stereocenters. The summed E-state index contributed by atoms with van der Waals surface area (Å²) in [5.74, 6) is -0.193. The van der Waals surface area contributed by atoms with E-state index in [0.717, 1.165) is 32.1 Å². The monoisotopic (exact) mass is 606 g/mol. The maximum atomic E-state index is 14.4. The second kappa shape index (κ2) is 12.5. The van der Waals surface area contributed by atoms with E-state index < -0.39 is 36.0 Å². The summed E-state index contributed by atoms with van der Waals surface area (Å²) in [6.07, 6.45) is 3.89. The van der Waals surface area contributed by atoms with Crippen LogP contribution in [0.1, 0.15) is 59.7 Å². The van der Waals surface area contributed by atoms with Gasteiger partial charge in [0, 0.05) is 29.1 Å². The lowest BCUT2D eigenvalue weighted by Gasteiger charge is -2.44. The third-order valence-electron chi connectivity index (χ3n) is 8.96. The smallest absolute Gasteiger partial charge is 0.290 e. The van der Waals surface area contributed by atoms with Gasteiger partial charge in [0.1, 0.15) is 12.2 Å². The van der Waals surface area contributed by atoms with Crippen LogP contribution in [-0.4, -0.2) is 83.7 Å². The molecule has 0 spiro atoms. The lowest BCUT2D eigenvalue weighted by atomic mass is 9.76. The van der Waals surface area contributed by atoms with Crippen LogP contribution in [0.15, 0.2) is 52.5 Å². The van der Waals surface area contributed by atoms with Crippen LogP contribution >= 0.6 is 0 Å². The molecule has 2 aliphatic carbocycles. The van der Waals surface area contributed by atoms with Gasteiger partial charge in [-0.05, 0) is 48.7 Å². The number of aliphatic hydroxyl groups excluding tert-OH is 3. The van der Waals surface area contributed by atoms with Crippen molar-refractivity contribution >= 4 is 22.8 Å². The zero-order valence-electron chi connectivity index (χ0n) is 24.8. The number of nitrogens with zero attached hydrogens (tertiary/aromatic N) is 1. The molecule has 1 aliphatic heterocycles. The highest BCUT2D eigenvalue weighted by Crippen LogP contribution is 2.52. The predicted molar refractivity (Wildman–Crippen MR) is 160 cm³/mol. The third kappa shape index (κ3) is 5.18. The van der Waals surface area contributed by atoms with Gasteiger partial charge >= 0.3 is 0 Å². The van der Waals surface area contributed by atoms with Crippen molar-refractivity contribution in [1.29, 1.82) is 0 Å². The van der Waals surface area contributed by atoms with Gasteiger partial charge in [-0.1, -0.05) is 31.4 Å². The predicted octanol–water partition coefficient (Wildman–Crippen LogP) is 3.04. The topological polar surface area (TPSA) is 151 Å². The minimum absolute atomic E-state index is 0.0284. The van der Waals surface area contributed by atoms with Gasteiger partial charge in [0.15, 0.2) is 28.6 Å². The summed E-state index contributed by atoms with van der Waals surface area (Å²) in [5, 5.41) is 34.8. The van der Waals surface area contributed by atoms with Crippen molar-refractivity contribution < 1.29 is 43.5 Å². The van der Waals surface area contributed by atoms with E-state index in [1.165, 1.54) is 14.2 Å². The maximum absolute atomic E-state index is 14.4. The van der Waals surface area contributed by atoms with Crippen LogP contribution in [0.25, 0.3) is 11.0 Å². The number of aliphatic hydroxyl groups is 3. The first-order valence-electron chi connectivity index (χ1n) is 15.1. The number of carbonyl (C=O) groups is 2. The quantitative estimate of drug-likeness (QED) is 0.288. The van der Waals surface area contributed by atoms with Crippen LogP contribution in [0.4, 0.5) is 0 Å². The minimum atomic E-state index is -1.21. The summed E-state index contributed by atoms with van der Waals surface area (Å²) in [6, 6.07) is 9.36. The molecule has 1 saturated carbocycles. The molecular formula is C33H38N2O9. The van der Waals surface area contributed by atoms with E-state index in [4.69, 9.17) is 18.6 Å². The molecule has 2 heterocycles. The van der Waals surface area contributed by atoms with Crippen LogP contribution in [0, 0.1) is 0 Å². The number of ether oxygens (including phenoxy) is 3. The first-order chi connectivity index (χ1) is 21.4. The highest BCUT2D eigenvalue weighted by molar-refractivity contribution is 5.99. The van der Waals surface area contributed by atoms with E-state index in [0.29, 0.717) is 44.9 Å². The Labute approximate surface area is 255 Å². The van der Waals surface area contributed by atoms with Crippen LogP contribution in [0.2, 0.25) is 0 Å². The van der Waals surface area contributed by atoms with E-state index >= 15 is 0 Å². The molecule has 4 unspecified atom stereocenters. The Morgan fingerprint density at radius 2 is 1.82 bits per heavy atom. The second-order valence-corrected chi connectivity index (χ2v) is 11.5. The molecule has 4 N–H and O–H groups in total. The highest BCUT2D eigenvalue weighted by Gasteiger charge is 2.52. The van der Waals surface area contributed by atoms with Crippen molar-refractivity contribution in [3.8, 4) is 17.2 Å². The van der Waals surface area contributed by atoms with Crippen LogP contribution in [0.5, 0.6) is 17.2 Å². The SMILES string of the molecule is COc1cc(CO)cc2c1OC1C2C(C(=O)NCCO)=CC(N(C(=O)c2cc3cccc(OC)c3o2)C2CCCCC2)C1O. The number of nitrogens with one attached hydrogen (secondary N) is 1. The molecule has 2 aromatic carbocycles. The summed E-state index contributed by atoms with van der Waals surface area (Å²) < 4.78 is 23.4. The Morgan fingerprint density at radius 1 is 1.05 bits per heavy atom. The largest absolute Gasteiger partial charge is 0.493 e. The van der Waals surface area contributed by atoms with Crippen LogP contribution in [0.3, 0.4) is 0 Å². The number of para-hydroxylation sites is 1. The minimum Gasteiger partial charge on any atom is -0.493 e. The molecule has 11 heteroatoms. The molecule has 3 aliphatic rings. The van der Waals surface area contributed by atoms with E-state index in [1.54, 1.807) is 35.2 Å². The van der Waals surface area contributed by atoms with Crippen molar-refractivity contribution in [3.63, 3.8) is 0 Å². The fraction of sp³-hybridized carbons (Fsp3) is 0.455. The standard InChI is InChI=1S/C33H38N2O9/c1-41-24-10-6-7-19-15-26(43-29(19)24)33(40)35(20-8-4-3-5-9-20)23-16-22(32(39)34-11-12-36)27-21-13-18(17-37)14-25(42-2)30(21)44-31(27)28(23)38/h6-7,10,13-16,20,23,27-28,31,36-38H,3-5,8-9,11-12,17H2,1-2H3,(H,34,39). The van der Waals surface area contributed by atoms with E-state index in [9.17, 15) is 24.9 Å². The Balaban J connectivity index is 1.47. The Bertz CT molecular complexity index is 1570. The van der Waals surface area contributed by atoms with Crippen molar-refractivity contribution in [2.75, 3.05) is 27.4 Å². The molecular weight excluding hydrogens is 568 g/mol. The number of hydrogen-bond acceptors (Lipinski definition) is 9. The van der Waals surface area contributed by atoms with E-state index in [2.05, 4.69) is 5.32 Å². The van der Waals surface area contributed by atoms with Crippen LogP contribution < -0.4 is 19.5 Å². The maximum Gasteiger partial charge on any atom is 0.290 e. The number of methoxy groups -OCH3 is 2. The van der Waals surface area contributed by atoms with E-state index in [1.807, 2.05) is 12.1 Å². The number of carbonyl (C=O) groups excluding carboxylic acids is 2. The highest BCUT2D eigenvalue weighted by atomic mass is 16.5. The third-order valence-corrected chi connectivity index (χ3v) is 8.96. The lowest BCUT2D eigenvalue weighted by molar-refractivity contribution is -0.118. The molecule has 0 radical (unpaired) electrons.